The van der Waals surface area contributed by atoms with E-state index in [0.717, 1.165) is 0 Å². The number of nitrogens with one attached hydrogen (secondary N) is 1. The van der Waals surface area contributed by atoms with Crippen molar-refractivity contribution in [2.24, 2.45) is 4.99 Å². The van der Waals surface area contributed by atoms with E-state index < -0.39 is 0 Å². The quantitative estimate of drug-likeness (QED) is 0.390. The van der Waals surface area contributed by atoms with Gasteiger partial charge in [0.05, 0.1) is 17.9 Å². The minimum absolute atomic E-state index is 0.467. The highest BCUT2D eigenvalue weighted by molar-refractivity contribution is 8.13. The Bertz CT molecular complexity index is 528. The third kappa shape index (κ3) is 3.69. The summed E-state index contributed by atoms with van der Waals surface area (Å²) in [4.78, 5) is 4.24. The lowest BCUT2D eigenvalue weighted by atomic mass is 10.2. The first-order valence-electron chi connectivity index (χ1n) is 5.19. The largest absolute Gasteiger partial charge is 0.492 e. The van der Waals surface area contributed by atoms with Crippen LogP contribution < -0.4 is 10.1 Å². The van der Waals surface area contributed by atoms with Gasteiger partial charge in [0.15, 0.2) is 11.4 Å². The molecule has 0 atom stereocenters. The van der Waals surface area contributed by atoms with E-state index in [1.165, 1.54) is 11.8 Å². The average molecular weight is 260 g/mol. The van der Waals surface area contributed by atoms with Crippen molar-refractivity contribution in [3.8, 4) is 18.0 Å². The summed E-state index contributed by atoms with van der Waals surface area (Å²) in [6.45, 7) is 2.33. The van der Waals surface area contributed by atoms with Gasteiger partial charge in [-0.3, -0.25) is 5.32 Å². The second-order valence-corrected chi connectivity index (χ2v) is 3.88. The fourth-order valence-electron chi connectivity index (χ4n) is 1.24. The van der Waals surface area contributed by atoms with Gasteiger partial charge >= 0.3 is 0 Å². The molecule has 1 aromatic rings. The lowest BCUT2D eigenvalue weighted by molar-refractivity contribution is 0.339. The van der Waals surface area contributed by atoms with Crippen molar-refractivity contribution in [2.45, 2.75) is 6.92 Å². The van der Waals surface area contributed by atoms with Crippen LogP contribution in [-0.2, 0) is 0 Å². The first-order chi connectivity index (χ1) is 8.74. The molecule has 0 saturated carbocycles. The van der Waals surface area contributed by atoms with Crippen molar-refractivity contribution >= 4 is 22.6 Å². The maximum absolute atomic E-state index is 8.92. The molecule has 1 aromatic carbocycles. The van der Waals surface area contributed by atoms with Crippen LogP contribution >= 0.6 is 11.8 Å². The number of nitrogens with zero attached hydrogens (tertiary/aromatic N) is 3. The summed E-state index contributed by atoms with van der Waals surface area (Å²) < 4.78 is 5.36. The average Bonchev–Trinajstić information content (AvgIpc) is 2.39. The van der Waals surface area contributed by atoms with Crippen LogP contribution in [0.15, 0.2) is 23.2 Å². The van der Waals surface area contributed by atoms with Crippen molar-refractivity contribution in [3.63, 3.8) is 0 Å². The molecule has 0 bridgehead atoms. The molecule has 92 valence electrons. The van der Waals surface area contributed by atoms with Crippen LogP contribution in [0, 0.1) is 22.8 Å². The van der Waals surface area contributed by atoms with Crippen molar-refractivity contribution < 1.29 is 4.74 Å². The fourth-order valence-corrected chi connectivity index (χ4v) is 1.58. The summed E-state index contributed by atoms with van der Waals surface area (Å²) in [6.07, 6.45) is 3.63. The van der Waals surface area contributed by atoms with Gasteiger partial charge in [0, 0.05) is 6.07 Å². The van der Waals surface area contributed by atoms with E-state index in [4.69, 9.17) is 15.3 Å². The minimum atomic E-state index is 0.467. The lowest BCUT2D eigenvalue weighted by Gasteiger charge is -2.06. The highest BCUT2D eigenvalue weighted by atomic mass is 32.2. The molecule has 0 aromatic heterocycles. The van der Waals surface area contributed by atoms with Gasteiger partial charge in [-0.2, -0.15) is 10.5 Å². The van der Waals surface area contributed by atoms with Gasteiger partial charge in [0.1, 0.15) is 11.8 Å². The Morgan fingerprint density at radius 1 is 1.50 bits per heavy atom. The van der Waals surface area contributed by atoms with E-state index in [2.05, 4.69) is 16.4 Å². The van der Waals surface area contributed by atoms with Gasteiger partial charge in [-0.05, 0) is 25.3 Å². The second kappa shape index (κ2) is 7.21. The first-order valence-corrected chi connectivity index (χ1v) is 6.42. The summed E-state index contributed by atoms with van der Waals surface area (Å²) in [7, 11) is 0. The number of thioether (sulfide) groups is 1. The summed E-state index contributed by atoms with van der Waals surface area (Å²) in [5.41, 5.74) is 1.10. The minimum Gasteiger partial charge on any atom is -0.492 e. The van der Waals surface area contributed by atoms with Crippen LogP contribution in [0.2, 0.25) is 0 Å². The third-order valence-electron chi connectivity index (χ3n) is 1.97. The molecule has 6 heteroatoms. The molecule has 0 aliphatic carbocycles. The standard InChI is InChI=1S/C12H12N4OS/c1-3-17-11-6-10(5-4-9(11)7-13)16-12(18-2)15-8-14/h4-6H,3H2,1-2H3,(H,15,16). The number of amidine groups is 1. The summed E-state index contributed by atoms with van der Waals surface area (Å²) >= 11 is 1.33. The Hall–Kier alpha value is -2.18. The number of benzene rings is 1. The van der Waals surface area contributed by atoms with E-state index in [1.54, 1.807) is 18.2 Å². The molecule has 0 saturated heterocycles. The SMILES string of the molecule is CCOc1cc(N=C(NC#N)SC)ccc1C#N. The number of hydrogen-bond donors (Lipinski definition) is 1. The Morgan fingerprint density at radius 3 is 2.83 bits per heavy atom. The zero-order valence-electron chi connectivity index (χ0n) is 10.1. The fraction of sp³-hybridized carbons (Fsp3) is 0.250. The van der Waals surface area contributed by atoms with Gasteiger partial charge in [0.25, 0.3) is 0 Å². The highest BCUT2D eigenvalue weighted by Gasteiger charge is 2.05. The highest BCUT2D eigenvalue weighted by Crippen LogP contribution is 2.25. The molecule has 5 nitrogen and oxygen atoms in total. The molecular formula is C12H12N4OS. The van der Waals surface area contributed by atoms with E-state index in [0.29, 0.717) is 28.8 Å². The number of rotatable bonds is 3. The Balaban J connectivity index is 3.08. The number of nitriles is 2. The van der Waals surface area contributed by atoms with Crippen LogP contribution in [0.3, 0.4) is 0 Å². The van der Waals surface area contributed by atoms with Crippen molar-refractivity contribution in [3.05, 3.63) is 23.8 Å². The predicted molar refractivity (Wildman–Crippen MR) is 71.7 cm³/mol. The van der Waals surface area contributed by atoms with Crippen LogP contribution in [0.5, 0.6) is 5.75 Å². The molecule has 0 fully saturated rings. The molecule has 0 heterocycles. The summed E-state index contributed by atoms with van der Waals surface area (Å²) in [5, 5.41) is 20.4. The molecule has 0 unspecified atom stereocenters. The van der Waals surface area contributed by atoms with Crippen molar-refractivity contribution in [1.29, 1.82) is 10.5 Å². The van der Waals surface area contributed by atoms with Crippen LogP contribution in [0.1, 0.15) is 12.5 Å². The Morgan fingerprint density at radius 2 is 2.28 bits per heavy atom. The van der Waals surface area contributed by atoms with E-state index in [9.17, 15) is 0 Å². The monoisotopic (exact) mass is 260 g/mol. The van der Waals surface area contributed by atoms with Crippen LogP contribution in [0.4, 0.5) is 5.69 Å². The molecule has 0 amide bonds. The van der Waals surface area contributed by atoms with Crippen molar-refractivity contribution in [2.75, 3.05) is 12.9 Å². The number of hydrogen-bond acceptors (Lipinski definition) is 5. The van der Waals surface area contributed by atoms with E-state index >= 15 is 0 Å². The second-order valence-electron chi connectivity index (χ2n) is 3.08. The molecular weight excluding hydrogens is 248 g/mol. The molecule has 18 heavy (non-hydrogen) atoms. The van der Waals surface area contributed by atoms with Crippen LogP contribution in [-0.4, -0.2) is 18.0 Å². The number of aliphatic imine (C=N–C) groups is 1. The molecule has 1 N–H and O–H groups in total. The summed E-state index contributed by atoms with van der Waals surface area (Å²) in [6, 6.07) is 7.08. The first kappa shape index (κ1) is 13.9. The van der Waals surface area contributed by atoms with Gasteiger partial charge in [-0.25, -0.2) is 4.99 Å². The lowest BCUT2D eigenvalue weighted by Crippen LogP contribution is -2.12. The molecule has 0 radical (unpaired) electrons. The maximum Gasteiger partial charge on any atom is 0.183 e. The zero-order valence-corrected chi connectivity index (χ0v) is 10.9. The molecule has 0 spiro atoms. The smallest absolute Gasteiger partial charge is 0.183 e. The van der Waals surface area contributed by atoms with Gasteiger partial charge in [-0.15, -0.1) is 0 Å². The maximum atomic E-state index is 8.92. The van der Waals surface area contributed by atoms with Gasteiger partial charge in [0.2, 0.25) is 0 Å². The van der Waals surface area contributed by atoms with Crippen molar-refractivity contribution in [1.82, 2.24) is 5.32 Å². The number of ether oxygens (including phenoxy) is 1. The normalized spacial score (nSPS) is 10.3. The molecule has 1 rings (SSSR count). The topological polar surface area (TPSA) is 81.2 Å². The predicted octanol–water partition coefficient (Wildman–Crippen LogP) is 2.38. The Kier molecular flexibility index (Phi) is 5.56. The van der Waals surface area contributed by atoms with Gasteiger partial charge < -0.3 is 4.74 Å². The molecule has 0 aliphatic rings. The van der Waals surface area contributed by atoms with Gasteiger partial charge in [-0.1, -0.05) is 11.8 Å². The summed E-state index contributed by atoms with van der Waals surface area (Å²) in [5.74, 6) is 0.499. The third-order valence-corrected chi connectivity index (χ3v) is 2.55. The van der Waals surface area contributed by atoms with Crippen LogP contribution in [0.25, 0.3) is 0 Å². The molecule has 0 aliphatic heterocycles. The Labute approximate surface area is 110 Å². The zero-order chi connectivity index (χ0) is 13.4. The van der Waals surface area contributed by atoms with E-state index in [1.807, 2.05) is 19.4 Å². The van der Waals surface area contributed by atoms with E-state index in [-0.39, 0.29) is 0 Å².